The summed E-state index contributed by atoms with van der Waals surface area (Å²) in [6.07, 6.45) is 0.489. The van der Waals surface area contributed by atoms with Gasteiger partial charge < -0.3 is 41.7 Å². The van der Waals surface area contributed by atoms with E-state index in [0.717, 1.165) is 0 Å². The smallest absolute Gasteiger partial charge is 0.326 e. The summed E-state index contributed by atoms with van der Waals surface area (Å²) in [4.78, 5) is 102. The van der Waals surface area contributed by atoms with Gasteiger partial charge in [-0.05, 0) is 49.4 Å². The van der Waals surface area contributed by atoms with E-state index in [1.807, 2.05) is 0 Å². The van der Waals surface area contributed by atoms with Crippen LogP contribution in [0.3, 0.4) is 0 Å². The third kappa shape index (κ3) is 21.8. The highest BCUT2D eigenvalue weighted by Gasteiger charge is 2.28. The second-order valence-electron chi connectivity index (χ2n) is 14.8. The second kappa shape index (κ2) is 24.0. The number of hydrogen-bond acceptors (Lipinski definition) is 10. The number of carboxylic acid groups (broad SMARTS) is 4. The van der Waals surface area contributed by atoms with Crippen molar-refractivity contribution in [1.82, 2.24) is 31.1 Å². The van der Waals surface area contributed by atoms with Crippen LogP contribution in [0.1, 0.15) is 81.1 Å². The standard InChI is InChI=1S/C34H60N6O12/c1-19(2)11-23(31(45)46)35-27(41)15-39(16-28(42)36-24(32(47)48)12-20(3)4)9-10-40(17-29(43)37-25(33(49)50)13-21(5)6)18-30(44)38-26(34(51)52)14-22(7)8/h19-26H,9-18H2,1-8H3,(H,35,41)(H,36,42)(H,37,43)(H,38,44)(H,45,46)(H,47,48)(H,49,50)(H,51,52). The van der Waals surface area contributed by atoms with Crippen LogP contribution in [0.15, 0.2) is 0 Å². The maximum absolute atomic E-state index is 13.1. The second-order valence-corrected chi connectivity index (χ2v) is 14.8. The number of carbonyl (C=O) groups excluding carboxylic acids is 4. The van der Waals surface area contributed by atoms with Crippen molar-refractivity contribution in [2.24, 2.45) is 23.7 Å². The Balaban J connectivity index is 6.35. The predicted octanol–water partition coefficient (Wildman–Crippen LogP) is 0.0524. The predicted molar refractivity (Wildman–Crippen MR) is 189 cm³/mol. The Kier molecular flexibility index (Phi) is 22.0. The van der Waals surface area contributed by atoms with Crippen LogP contribution in [0.5, 0.6) is 0 Å². The van der Waals surface area contributed by atoms with E-state index in [2.05, 4.69) is 21.3 Å². The van der Waals surface area contributed by atoms with Crippen molar-refractivity contribution in [3.63, 3.8) is 0 Å². The molecule has 4 atom stereocenters. The molecule has 8 N–H and O–H groups in total. The fourth-order valence-corrected chi connectivity index (χ4v) is 5.25. The molecule has 4 amide bonds. The molecule has 4 unspecified atom stereocenters. The van der Waals surface area contributed by atoms with Gasteiger partial charge in [-0.2, -0.15) is 0 Å². The lowest BCUT2D eigenvalue weighted by atomic mass is 10.0. The summed E-state index contributed by atoms with van der Waals surface area (Å²) in [6.45, 7) is 11.8. The van der Waals surface area contributed by atoms with E-state index < -0.39 is 97.9 Å². The van der Waals surface area contributed by atoms with Crippen LogP contribution in [0.2, 0.25) is 0 Å². The van der Waals surface area contributed by atoms with Crippen LogP contribution >= 0.6 is 0 Å². The topological polar surface area (TPSA) is 272 Å². The quantitative estimate of drug-likeness (QED) is 0.0553. The van der Waals surface area contributed by atoms with E-state index in [0.29, 0.717) is 0 Å². The van der Waals surface area contributed by atoms with Gasteiger partial charge in [0.1, 0.15) is 24.2 Å². The fraction of sp³-hybridized carbons (Fsp3) is 0.765. The summed E-state index contributed by atoms with van der Waals surface area (Å²) >= 11 is 0. The Morgan fingerprint density at radius 1 is 0.385 bits per heavy atom. The van der Waals surface area contributed by atoms with E-state index in [1.165, 1.54) is 9.80 Å². The minimum atomic E-state index is -1.26. The zero-order chi connectivity index (χ0) is 40.3. The van der Waals surface area contributed by atoms with Crippen molar-refractivity contribution in [1.29, 1.82) is 0 Å². The number of amides is 4. The van der Waals surface area contributed by atoms with Gasteiger partial charge in [0.25, 0.3) is 0 Å². The van der Waals surface area contributed by atoms with E-state index in [4.69, 9.17) is 0 Å². The monoisotopic (exact) mass is 744 g/mol. The molecule has 0 aromatic carbocycles. The largest absolute Gasteiger partial charge is 0.480 e. The maximum atomic E-state index is 13.1. The van der Waals surface area contributed by atoms with E-state index in [-0.39, 0.29) is 62.4 Å². The molecule has 18 heteroatoms. The van der Waals surface area contributed by atoms with Crippen LogP contribution in [-0.2, 0) is 38.4 Å². The number of aliphatic carboxylic acids is 4. The zero-order valence-electron chi connectivity index (χ0n) is 31.6. The molecule has 0 heterocycles. The van der Waals surface area contributed by atoms with Gasteiger partial charge in [-0.1, -0.05) is 55.4 Å². The number of rotatable bonds is 27. The molecule has 0 aromatic rings. The molecule has 0 aliphatic rings. The highest BCUT2D eigenvalue weighted by atomic mass is 16.4. The molecule has 0 bridgehead atoms. The lowest BCUT2D eigenvalue weighted by Crippen LogP contribution is -2.53. The number of carbonyl (C=O) groups is 8. The lowest BCUT2D eigenvalue weighted by Gasteiger charge is -2.28. The highest BCUT2D eigenvalue weighted by Crippen LogP contribution is 2.09. The summed E-state index contributed by atoms with van der Waals surface area (Å²) in [5, 5.41) is 48.1. The Morgan fingerprint density at radius 2 is 0.558 bits per heavy atom. The Hall–Kier alpha value is -4.32. The molecule has 0 aliphatic heterocycles. The average Bonchev–Trinajstić information content (AvgIpc) is 2.97. The average molecular weight is 745 g/mol. The highest BCUT2D eigenvalue weighted by molar-refractivity contribution is 5.88. The Morgan fingerprint density at radius 3 is 0.692 bits per heavy atom. The molecule has 298 valence electrons. The van der Waals surface area contributed by atoms with Crippen molar-refractivity contribution in [2.45, 2.75) is 105 Å². The van der Waals surface area contributed by atoms with E-state index in [1.54, 1.807) is 55.4 Å². The Bertz CT molecular complexity index is 1050. The molecular weight excluding hydrogens is 684 g/mol. The molecule has 0 saturated carbocycles. The van der Waals surface area contributed by atoms with E-state index in [9.17, 15) is 58.8 Å². The molecule has 0 saturated heterocycles. The molecule has 52 heavy (non-hydrogen) atoms. The van der Waals surface area contributed by atoms with Gasteiger partial charge >= 0.3 is 23.9 Å². The first-order valence-electron chi connectivity index (χ1n) is 17.5. The van der Waals surface area contributed by atoms with Gasteiger partial charge in [-0.15, -0.1) is 0 Å². The molecule has 0 radical (unpaired) electrons. The lowest BCUT2D eigenvalue weighted by molar-refractivity contribution is -0.143. The summed E-state index contributed by atoms with van der Waals surface area (Å²) < 4.78 is 0. The molecule has 0 rings (SSSR count). The first kappa shape index (κ1) is 47.7. The van der Waals surface area contributed by atoms with Gasteiger partial charge in [0.05, 0.1) is 26.2 Å². The van der Waals surface area contributed by atoms with Crippen molar-refractivity contribution >= 4 is 47.5 Å². The van der Waals surface area contributed by atoms with Crippen molar-refractivity contribution in [2.75, 3.05) is 39.3 Å². The Labute approximate surface area is 305 Å². The van der Waals surface area contributed by atoms with Crippen molar-refractivity contribution < 1.29 is 58.8 Å². The fourth-order valence-electron chi connectivity index (χ4n) is 5.25. The van der Waals surface area contributed by atoms with Gasteiger partial charge in [-0.25, -0.2) is 19.2 Å². The normalized spacial score (nSPS) is 13.9. The van der Waals surface area contributed by atoms with Crippen molar-refractivity contribution in [3.05, 3.63) is 0 Å². The van der Waals surface area contributed by atoms with Crippen molar-refractivity contribution in [3.8, 4) is 0 Å². The molecule has 0 spiro atoms. The minimum absolute atomic E-state index is 0.0782. The van der Waals surface area contributed by atoms with Crippen LogP contribution in [-0.4, -0.2) is 141 Å². The maximum Gasteiger partial charge on any atom is 0.326 e. The van der Waals surface area contributed by atoms with E-state index >= 15 is 0 Å². The molecule has 0 aliphatic carbocycles. The number of hydrogen-bond donors (Lipinski definition) is 8. The molecule has 0 aromatic heterocycles. The molecule has 18 nitrogen and oxygen atoms in total. The first-order chi connectivity index (χ1) is 24.0. The van der Waals surface area contributed by atoms with Gasteiger partial charge in [0, 0.05) is 13.1 Å². The van der Waals surface area contributed by atoms with Gasteiger partial charge in [-0.3, -0.25) is 29.0 Å². The van der Waals surface area contributed by atoms with Crippen LogP contribution in [0.25, 0.3) is 0 Å². The minimum Gasteiger partial charge on any atom is -0.480 e. The summed E-state index contributed by atoms with van der Waals surface area (Å²) in [6, 6.07) is -4.91. The third-order valence-electron chi connectivity index (χ3n) is 7.56. The SMILES string of the molecule is CC(C)CC(NC(=O)CN(CCN(CC(=O)NC(CC(C)C)C(=O)O)CC(=O)NC(CC(C)C)C(=O)O)CC(=O)NC(CC(C)C)C(=O)O)C(=O)O. The first-order valence-corrected chi connectivity index (χ1v) is 17.5. The van der Waals surface area contributed by atoms with Crippen LogP contribution < -0.4 is 21.3 Å². The summed E-state index contributed by atoms with van der Waals surface area (Å²) in [5.74, 6) is -8.38. The van der Waals surface area contributed by atoms with Crippen LogP contribution in [0.4, 0.5) is 0 Å². The van der Waals surface area contributed by atoms with Crippen LogP contribution in [0, 0.1) is 23.7 Å². The molecule has 0 fully saturated rings. The zero-order valence-corrected chi connectivity index (χ0v) is 31.6. The van der Waals surface area contributed by atoms with Gasteiger partial charge in [0.15, 0.2) is 0 Å². The summed E-state index contributed by atoms with van der Waals surface area (Å²) in [7, 11) is 0. The third-order valence-corrected chi connectivity index (χ3v) is 7.56. The number of nitrogens with zero attached hydrogens (tertiary/aromatic N) is 2. The number of carboxylic acids is 4. The summed E-state index contributed by atoms with van der Waals surface area (Å²) in [5.41, 5.74) is 0. The number of nitrogens with one attached hydrogen (secondary N) is 4. The van der Waals surface area contributed by atoms with Gasteiger partial charge in [0.2, 0.25) is 23.6 Å². The molecular formula is C34H60N6O12.